The summed E-state index contributed by atoms with van der Waals surface area (Å²) in [6.45, 7) is 2.71. The molecule has 0 heterocycles. The van der Waals surface area contributed by atoms with Gasteiger partial charge in [-0.2, -0.15) is 0 Å². The molecular weight excluding hydrogens is 292 g/mol. The lowest BCUT2D eigenvalue weighted by Crippen LogP contribution is -3.12. The number of carbonyl (C=O) groups excluding carboxylic acids is 1. The van der Waals surface area contributed by atoms with Gasteiger partial charge in [-0.15, -0.1) is 0 Å². The van der Waals surface area contributed by atoms with Crippen molar-refractivity contribution in [2.24, 2.45) is 0 Å². The van der Waals surface area contributed by atoms with Crippen molar-refractivity contribution >= 4 is 5.91 Å². The van der Waals surface area contributed by atoms with E-state index < -0.39 is 0 Å². The minimum absolute atomic E-state index is 0.0950. The minimum atomic E-state index is -0.0950. The number of likely N-dealkylation sites (N-methyl/N-ethyl adjacent to an activating group) is 1. The van der Waals surface area contributed by atoms with E-state index in [0.29, 0.717) is 6.04 Å². The maximum absolute atomic E-state index is 12.4. The first-order valence-electron chi connectivity index (χ1n) is 8.38. The maximum atomic E-state index is 12.4. The van der Waals surface area contributed by atoms with Gasteiger partial charge in [0.05, 0.1) is 21.3 Å². The first kappa shape index (κ1) is 17.6. The topological polar surface area (TPSA) is 52.0 Å². The van der Waals surface area contributed by atoms with Crippen molar-refractivity contribution in [3.63, 3.8) is 0 Å². The first-order valence-corrected chi connectivity index (χ1v) is 8.38. The average molecular weight is 321 g/mol. The van der Waals surface area contributed by atoms with Gasteiger partial charge in [0, 0.05) is 17.7 Å². The largest absolute Gasteiger partial charge is 0.497 e. The molecular formula is C18H29N2O3+. The molecule has 0 aliphatic heterocycles. The molecule has 0 bridgehead atoms. The number of carbonyl (C=O) groups is 1. The van der Waals surface area contributed by atoms with Crippen LogP contribution in [0.3, 0.4) is 0 Å². The molecule has 1 saturated carbocycles. The van der Waals surface area contributed by atoms with E-state index in [2.05, 4.69) is 5.32 Å². The van der Waals surface area contributed by atoms with Crippen LogP contribution in [0.2, 0.25) is 0 Å². The number of hydrogen-bond acceptors (Lipinski definition) is 3. The second-order valence-electron chi connectivity index (χ2n) is 6.41. The van der Waals surface area contributed by atoms with Crippen LogP contribution in [0.4, 0.5) is 0 Å². The van der Waals surface area contributed by atoms with Crippen LogP contribution in [0.15, 0.2) is 18.2 Å². The summed E-state index contributed by atoms with van der Waals surface area (Å²) in [5.41, 5.74) is 1.08. The number of nitrogens with one attached hydrogen (secondary N) is 2. The highest BCUT2D eigenvalue weighted by atomic mass is 16.5. The van der Waals surface area contributed by atoms with Gasteiger partial charge in [-0.1, -0.05) is 12.8 Å². The number of rotatable bonds is 7. The SMILES string of the molecule is COc1ccc(C[NH+](C)[C@@H](C)C(=O)NC2CCCC2)c(OC)c1. The second-order valence-corrected chi connectivity index (χ2v) is 6.41. The minimum Gasteiger partial charge on any atom is -0.497 e. The summed E-state index contributed by atoms with van der Waals surface area (Å²) in [4.78, 5) is 13.5. The third-order valence-electron chi connectivity index (χ3n) is 4.80. The van der Waals surface area contributed by atoms with E-state index in [-0.39, 0.29) is 11.9 Å². The van der Waals surface area contributed by atoms with Crippen molar-refractivity contribution in [2.75, 3.05) is 21.3 Å². The van der Waals surface area contributed by atoms with Crippen molar-refractivity contribution in [1.82, 2.24) is 5.32 Å². The molecule has 5 nitrogen and oxygen atoms in total. The predicted octanol–water partition coefficient (Wildman–Crippen LogP) is 1.17. The van der Waals surface area contributed by atoms with Crippen molar-refractivity contribution in [3.05, 3.63) is 23.8 Å². The van der Waals surface area contributed by atoms with Crippen LogP contribution in [-0.4, -0.2) is 39.3 Å². The van der Waals surface area contributed by atoms with Gasteiger partial charge in [0.15, 0.2) is 6.04 Å². The molecule has 1 unspecified atom stereocenters. The summed E-state index contributed by atoms with van der Waals surface area (Å²) in [6.07, 6.45) is 4.68. The lowest BCUT2D eigenvalue weighted by atomic mass is 10.1. The molecule has 2 atom stereocenters. The van der Waals surface area contributed by atoms with Crippen LogP contribution < -0.4 is 19.7 Å². The molecule has 1 aliphatic rings. The van der Waals surface area contributed by atoms with E-state index in [0.717, 1.165) is 41.3 Å². The van der Waals surface area contributed by atoms with Gasteiger partial charge < -0.3 is 19.7 Å². The molecule has 1 amide bonds. The molecule has 1 aliphatic carbocycles. The van der Waals surface area contributed by atoms with Crippen molar-refractivity contribution in [3.8, 4) is 11.5 Å². The Balaban J connectivity index is 1.97. The highest BCUT2D eigenvalue weighted by Gasteiger charge is 2.26. The normalized spacial score (nSPS) is 17.6. The number of methoxy groups -OCH3 is 2. The summed E-state index contributed by atoms with van der Waals surface area (Å²) in [7, 11) is 5.34. The van der Waals surface area contributed by atoms with Gasteiger partial charge in [-0.3, -0.25) is 4.79 Å². The summed E-state index contributed by atoms with van der Waals surface area (Å²) in [5.74, 6) is 1.71. The molecule has 23 heavy (non-hydrogen) atoms. The van der Waals surface area contributed by atoms with E-state index in [4.69, 9.17) is 9.47 Å². The zero-order valence-electron chi connectivity index (χ0n) is 14.6. The summed E-state index contributed by atoms with van der Waals surface area (Å²) >= 11 is 0. The number of amides is 1. The molecule has 1 aromatic rings. The Morgan fingerprint density at radius 2 is 2.00 bits per heavy atom. The number of benzene rings is 1. The number of hydrogen-bond donors (Lipinski definition) is 2. The molecule has 1 fully saturated rings. The average Bonchev–Trinajstić information content (AvgIpc) is 3.07. The van der Waals surface area contributed by atoms with Crippen molar-refractivity contribution < 1.29 is 19.2 Å². The molecule has 2 rings (SSSR count). The van der Waals surface area contributed by atoms with E-state index in [9.17, 15) is 4.79 Å². The monoisotopic (exact) mass is 321 g/mol. The van der Waals surface area contributed by atoms with E-state index in [1.54, 1.807) is 14.2 Å². The van der Waals surface area contributed by atoms with E-state index in [1.165, 1.54) is 12.8 Å². The Kier molecular flexibility index (Phi) is 6.28. The quantitative estimate of drug-likeness (QED) is 0.792. The molecule has 2 N–H and O–H groups in total. The molecule has 0 aromatic heterocycles. The smallest absolute Gasteiger partial charge is 0.278 e. The maximum Gasteiger partial charge on any atom is 0.278 e. The standard InChI is InChI=1S/C18H28N2O3/c1-13(18(21)19-15-7-5-6-8-15)20(2)12-14-9-10-16(22-3)11-17(14)23-4/h9-11,13,15H,5-8,12H2,1-4H3,(H,19,21)/p+1/t13-/m0/s1. The highest BCUT2D eigenvalue weighted by Crippen LogP contribution is 2.23. The molecule has 1 aromatic carbocycles. The Labute approximate surface area is 139 Å². The van der Waals surface area contributed by atoms with Gasteiger partial charge in [0.1, 0.15) is 18.0 Å². The zero-order chi connectivity index (χ0) is 16.8. The van der Waals surface area contributed by atoms with Crippen LogP contribution in [0.5, 0.6) is 11.5 Å². The third kappa shape index (κ3) is 4.61. The second kappa shape index (κ2) is 8.20. The fourth-order valence-electron chi connectivity index (χ4n) is 3.07. The van der Waals surface area contributed by atoms with Crippen LogP contribution in [-0.2, 0) is 11.3 Å². The van der Waals surface area contributed by atoms with Crippen molar-refractivity contribution in [1.29, 1.82) is 0 Å². The number of ether oxygens (including phenoxy) is 2. The Hall–Kier alpha value is -1.75. The third-order valence-corrected chi connectivity index (χ3v) is 4.80. The van der Waals surface area contributed by atoms with Crippen LogP contribution in [0.25, 0.3) is 0 Å². The van der Waals surface area contributed by atoms with Gasteiger partial charge in [0.2, 0.25) is 0 Å². The zero-order valence-corrected chi connectivity index (χ0v) is 14.6. The van der Waals surface area contributed by atoms with E-state index in [1.807, 2.05) is 32.2 Å². The van der Waals surface area contributed by atoms with Crippen LogP contribution in [0, 0.1) is 0 Å². The molecule has 5 heteroatoms. The van der Waals surface area contributed by atoms with Crippen molar-refractivity contribution in [2.45, 2.75) is 51.2 Å². The fourth-order valence-corrected chi connectivity index (χ4v) is 3.07. The van der Waals surface area contributed by atoms with Gasteiger partial charge >= 0.3 is 0 Å². The highest BCUT2D eigenvalue weighted by molar-refractivity contribution is 5.80. The summed E-state index contributed by atoms with van der Waals surface area (Å²) in [5, 5.41) is 3.18. The molecule has 0 saturated heterocycles. The van der Waals surface area contributed by atoms with Crippen LogP contribution in [0.1, 0.15) is 38.2 Å². The summed E-state index contributed by atoms with van der Waals surface area (Å²) in [6, 6.07) is 6.08. The van der Waals surface area contributed by atoms with Gasteiger partial charge in [0.25, 0.3) is 5.91 Å². The molecule has 128 valence electrons. The van der Waals surface area contributed by atoms with E-state index >= 15 is 0 Å². The first-order chi connectivity index (χ1) is 11.0. The fraction of sp³-hybridized carbons (Fsp3) is 0.611. The predicted molar refractivity (Wildman–Crippen MR) is 90.0 cm³/mol. The number of quaternary nitrogens is 1. The molecule has 0 radical (unpaired) electrons. The summed E-state index contributed by atoms with van der Waals surface area (Å²) < 4.78 is 10.7. The lowest BCUT2D eigenvalue weighted by Gasteiger charge is -2.23. The molecule has 0 spiro atoms. The Bertz CT molecular complexity index is 527. The van der Waals surface area contributed by atoms with Crippen LogP contribution >= 0.6 is 0 Å². The van der Waals surface area contributed by atoms with Gasteiger partial charge in [-0.25, -0.2) is 0 Å². The Morgan fingerprint density at radius 1 is 1.30 bits per heavy atom. The van der Waals surface area contributed by atoms with Gasteiger partial charge in [-0.05, 0) is 31.9 Å². The lowest BCUT2D eigenvalue weighted by molar-refractivity contribution is -0.908. The Morgan fingerprint density at radius 3 is 2.61 bits per heavy atom.